The molecule has 0 aliphatic rings. The van der Waals surface area contributed by atoms with Gasteiger partial charge >= 0.3 is 0 Å². The van der Waals surface area contributed by atoms with Crippen LogP contribution in [-0.2, 0) is 11.3 Å². The minimum absolute atomic E-state index is 0.0488. The molecule has 128 valence electrons. The lowest BCUT2D eigenvalue weighted by Gasteiger charge is -2.20. The Balaban J connectivity index is 1.83. The van der Waals surface area contributed by atoms with E-state index in [1.165, 1.54) is 12.1 Å². The molecule has 0 saturated carbocycles. The van der Waals surface area contributed by atoms with Gasteiger partial charge in [0.05, 0.1) is 13.2 Å². The number of hydrogen-bond donors (Lipinski definition) is 2. The Morgan fingerprint density at radius 2 is 1.71 bits per heavy atom. The Hall–Kier alpha value is -2.40. The van der Waals surface area contributed by atoms with Gasteiger partial charge in [0.15, 0.2) is 0 Å². The average molecular weight is 330 g/mol. The van der Waals surface area contributed by atoms with Crippen molar-refractivity contribution in [1.82, 2.24) is 10.6 Å². The Bertz CT molecular complexity index is 656. The van der Waals surface area contributed by atoms with Crippen molar-refractivity contribution in [2.24, 2.45) is 0 Å². The number of carbonyl (C=O) groups excluding carboxylic acids is 1. The summed E-state index contributed by atoms with van der Waals surface area (Å²) in [4.78, 5) is 12.2. The van der Waals surface area contributed by atoms with Crippen molar-refractivity contribution < 1.29 is 13.9 Å². The summed E-state index contributed by atoms with van der Waals surface area (Å²) in [5.41, 5.74) is 1.94. The monoisotopic (exact) mass is 330 g/mol. The van der Waals surface area contributed by atoms with Crippen LogP contribution in [0.3, 0.4) is 0 Å². The van der Waals surface area contributed by atoms with Gasteiger partial charge in [0.1, 0.15) is 11.6 Å². The lowest BCUT2D eigenvalue weighted by Crippen LogP contribution is -2.42. The predicted octanol–water partition coefficient (Wildman–Crippen LogP) is 3.19. The first-order chi connectivity index (χ1) is 11.5. The van der Waals surface area contributed by atoms with Crippen LogP contribution in [0, 0.1) is 5.82 Å². The number of ether oxygens (including phenoxy) is 1. The molecular formula is C19H23FN2O2. The van der Waals surface area contributed by atoms with Crippen molar-refractivity contribution in [1.29, 1.82) is 0 Å². The highest BCUT2D eigenvalue weighted by Gasteiger charge is 2.16. The van der Waals surface area contributed by atoms with E-state index in [0.29, 0.717) is 6.54 Å². The number of carbonyl (C=O) groups is 1. The summed E-state index contributed by atoms with van der Waals surface area (Å²) in [5.74, 6) is 0.434. The molecule has 2 unspecified atom stereocenters. The number of nitrogens with one attached hydrogen (secondary N) is 2. The second-order valence-corrected chi connectivity index (χ2v) is 5.73. The van der Waals surface area contributed by atoms with Gasteiger partial charge in [-0.15, -0.1) is 0 Å². The van der Waals surface area contributed by atoms with Crippen LogP contribution in [0.5, 0.6) is 5.75 Å². The molecule has 1 amide bonds. The number of benzene rings is 2. The molecule has 2 N–H and O–H groups in total. The summed E-state index contributed by atoms with van der Waals surface area (Å²) < 4.78 is 18.1. The smallest absolute Gasteiger partial charge is 0.237 e. The zero-order chi connectivity index (χ0) is 17.5. The molecule has 0 aliphatic heterocycles. The standard InChI is InChI=1S/C19H23FN2O2/c1-13(16-6-8-17(20)9-7-16)22-14(2)19(23)21-12-15-4-10-18(24-3)11-5-15/h4-11,13-14,22H,12H2,1-3H3,(H,21,23). The van der Waals surface area contributed by atoms with Crippen LogP contribution in [0.4, 0.5) is 4.39 Å². The first-order valence-corrected chi connectivity index (χ1v) is 7.91. The molecule has 0 bridgehead atoms. The molecule has 5 heteroatoms. The third-order valence-corrected chi connectivity index (χ3v) is 3.89. The molecule has 0 heterocycles. The van der Waals surface area contributed by atoms with Gasteiger partial charge in [0, 0.05) is 12.6 Å². The van der Waals surface area contributed by atoms with Gasteiger partial charge in [-0.25, -0.2) is 4.39 Å². The second kappa shape index (κ2) is 8.45. The predicted molar refractivity (Wildman–Crippen MR) is 92.3 cm³/mol. The van der Waals surface area contributed by atoms with Crippen LogP contribution in [0.1, 0.15) is 31.0 Å². The molecule has 2 rings (SSSR count). The number of amides is 1. The largest absolute Gasteiger partial charge is 0.497 e. The number of hydrogen-bond acceptors (Lipinski definition) is 3. The van der Waals surface area contributed by atoms with E-state index in [9.17, 15) is 9.18 Å². The fourth-order valence-electron chi connectivity index (χ4n) is 2.38. The van der Waals surface area contributed by atoms with Crippen LogP contribution >= 0.6 is 0 Å². The SMILES string of the molecule is COc1ccc(CNC(=O)C(C)NC(C)c2ccc(F)cc2)cc1. The zero-order valence-corrected chi connectivity index (χ0v) is 14.2. The van der Waals surface area contributed by atoms with Gasteiger partial charge in [-0.1, -0.05) is 24.3 Å². The van der Waals surface area contributed by atoms with E-state index in [0.717, 1.165) is 16.9 Å². The van der Waals surface area contributed by atoms with E-state index < -0.39 is 0 Å². The van der Waals surface area contributed by atoms with E-state index in [1.54, 1.807) is 19.2 Å². The first kappa shape index (κ1) is 17.9. The molecule has 2 atom stereocenters. The van der Waals surface area contributed by atoms with Gasteiger partial charge in [0.25, 0.3) is 0 Å². The van der Waals surface area contributed by atoms with Gasteiger partial charge < -0.3 is 10.1 Å². The average Bonchev–Trinajstić information content (AvgIpc) is 2.60. The molecular weight excluding hydrogens is 307 g/mol. The summed E-state index contributed by atoms with van der Waals surface area (Å²) in [5, 5.41) is 6.12. The van der Waals surface area contributed by atoms with Crippen LogP contribution in [0.25, 0.3) is 0 Å². The number of rotatable bonds is 7. The number of methoxy groups -OCH3 is 1. The molecule has 24 heavy (non-hydrogen) atoms. The molecule has 2 aromatic carbocycles. The maximum atomic E-state index is 13.0. The fourth-order valence-corrected chi connectivity index (χ4v) is 2.38. The van der Waals surface area contributed by atoms with Gasteiger partial charge in [-0.05, 0) is 49.2 Å². The van der Waals surface area contributed by atoms with Gasteiger partial charge in [-0.2, -0.15) is 0 Å². The molecule has 0 aliphatic carbocycles. The third-order valence-electron chi connectivity index (χ3n) is 3.89. The van der Waals surface area contributed by atoms with Gasteiger partial charge in [-0.3, -0.25) is 10.1 Å². The maximum Gasteiger partial charge on any atom is 0.237 e. The maximum absolute atomic E-state index is 13.0. The third kappa shape index (κ3) is 5.06. The summed E-state index contributed by atoms with van der Waals surface area (Å²) in [6.45, 7) is 4.21. The normalized spacial score (nSPS) is 13.2. The van der Waals surface area contributed by atoms with E-state index in [2.05, 4.69) is 10.6 Å². The Morgan fingerprint density at radius 1 is 1.08 bits per heavy atom. The minimum Gasteiger partial charge on any atom is -0.497 e. The van der Waals surface area contributed by atoms with Crippen molar-refractivity contribution in [3.8, 4) is 5.75 Å². The Morgan fingerprint density at radius 3 is 2.29 bits per heavy atom. The zero-order valence-electron chi connectivity index (χ0n) is 14.2. The molecule has 0 fully saturated rings. The van der Waals surface area contributed by atoms with Crippen molar-refractivity contribution in [2.75, 3.05) is 7.11 Å². The summed E-state index contributed by atoms with van der Waals surface area (Å²) in [7, 11) is 1.62. The van der Waals surface area contributed by atoms with E-state index in [4.69, 9.17) is 4.74 Å². The van der Waals surface area contributed by atoms with Crippen LogP contribution in [-0.4, -0.2) is 19.1 Å². The van der Waals surface area contributed by atoms with Crippen molar-refractivity contribution in [2.45, 2.75) is 32.5 Å². The fraction of sp³-hybridized carbons (Fsp3) is 0.316. The highest BCUT2D eigenvalue weighted by molar-refractivity contribution is 5.81. The highest BCUT2D eigenvalue weighted by atomic mass is 19.1. The van der Waals surface area contributed by atoms with E-state index >= 15 is 0 Å². The van der Waals surface area contributed by atoms with Crippen LogP contribution in [0.2, 0.25) is 0 Å². The topological polar surface area (TPSA) is 50.4 Å². The van der Waals surface area contributed by atoms with Gasteiger partial charge in [0.2, 0.25) is 5.91 Å². The Labute approximate surface area is 142 Å². The summed E-state index contributed by atoms with van der Waals surface area (Å²) >= 11 is 0. The minimum atomic E-state index is -0.358. The summed E-state index contributed by atoms with van der Waals surface area (Å²) in [6.07, 6.45) is 0. The van der Waals surface area contributed by atoms with E-state index in [1.807, 2.05) is 38.1 Å². The summed E-state index contributed by atoms with van der Waals surface area (Å²) in [6, 6.07) is 13.4. The molecule has 0 spiro atoms. The number of halogens is 1. The highest BCUT2D eigenvalue weighted by Crippen LogP contribution is 2.14. The second-order valence-electron chi connectivity index (χ2n) is 5.73. The van der Waals surface area contributed by atoms with Crippen molar-refractivity contribution in [3.63, 3.8) is 0 Å². The van der Waals surface area contributed by atoms with Crippen molar-refractivity contribution in [3.05, 3.63) is 65.5 Å². The first-order valence-electron chi connectivity index (χ1n) is 7.91. The Kier molecular flexibility index (Phi) is 6.32. The van der Waals surface area contributed by atoms with E-state index in [-0.39, 0.29) is 23.8 Å². The lowest BCUT2D eigenvalue weighted by atomic mass is 10.1. The molecule has 0 aromatic heterocycles. The molecule has 4 nitrogen and oxygen atoms in total. The van der Waals surface area contributed by atoms with Crippen molar-refractivity contribution >= 4 is 5.91 Å². The molecule has 0 saturated heterocycles. The lowest BCUT2D eigenvalue weighted by molar-refractivity contribution is -0.123. The quantitative estimate of drug-likeness (QED) is 0.820. The van der Waals surface area contributed by atoms with Crippen LogP contribution < -0.4 is 15.4 Å². The molecule has 0 radical (unpaired) electrons. The molecule has 2 aromatic rings. The van der Waals surface area contributed by atoms with Crippen LogP contribution in [0.15, 0.2) is 48.5 Å².